The molecule has 86 valence electrons. The average Bonchev–Trinajstić information content (AvgIpc) is 2.59. The Bertz CT molecular complexity index is 299. The molecule has 1 rings (SSSR count). The minimum Gasteiger partial charge on any atom is -0.394 e. The second kappa shape index (κ2) is 5.84. The molecule has 0 radical (unpaired) electrons. The second-order valence-corrected chi connectivity index (χ2v) is 6.22. The van der Waals surface area contributed by atoms with Crippen molar-refractivity contribution in [2.75, 3.05) is 12.4 Å². The first-order valence-corrected chi connectivity index (χ1v) is 6.85. The van der Waals surface area contributed by atoms with Crippen LogP contribution in [-0.2, 0) is 0 Å². The Morgan fingerprint density at radius 3 is 2.93 bits per heavy atom. The monoisotopic (exact) mass is 246 g/mol. The summed E-state index contributed by atoms with van der Waals surface area (Å²) < 4.78 is 1.12. The Labute approximate surface area is 99.1 Å². The normalized spacial score (nSPS) is 15.2. The van der Waals surface area contributed by atoms with Crippen molar-refractivity contribution in [3.63, 3.8) is 0 Å². The first kappa shape index (κ1) is 13.0. The largest absolute Gasteiger partial charge is 0.394 e. The summed E-state index contributed by atoms with van der Waals surface area (Å²) in [6.45, 7) is 3.93. The summed E-state index contributed by atoms with van der Waals surface area (Å²) in [6.07, 6.45) is 1.86. The fourth-order valence-electron chi connectivity index (χ4n) is 1.11. The van der Waals surface area contributed by atoms with Crippen LogP contribution in [0.2, 0.25) is 0 Å². The van der Waals surface area contributed by atoms with Gasteiger partial charge in [-0.3, -0.25) is 0 Å². The van der Waals surface area contributed by atoms with E-state index in [2.05, 4.69) is 10.4 Å². The molecule has 0 aliphatic heterocycles. The molecule has 0 aliphatic carbocycles. The van der Waals surface area contributed by atoms with Gasteiger partial charge in [-0.05, 0) is 26.7 Å². The highest BCUT2D eigenvalue weighted by molar-refractivity contribution is 8.00. The molecule has 3 nitrogen and oxygen atoms in total. The zero-order valence-corrected chi connectivity index (χ0v) is 10.8. The van der Waals surface area contributed by atoms with Gasteiger partial charge in [0.15, 0.2) is 0 Å². The van der Waals surface area contributed by atoms with Gasteiger partial charge in [-0.1, -0.05) is 11.8 Å². The molecule has 15 heavy (non-hydrogen) atoms. The number of aliphatic hydroxyl groups is 1. The fourth-order valence-corrected chi connectivity index (χ4v) is 2.97. The van der Waals surface area contributed by atoms with E-state index in [1.165, 1.54) is 0 Å². The Kier molecular flexibility index (Phi) is 5.05. The molecule has 1 aromatic heterocycles. The quantitative estimate of drug-likeness (QED) is 0.595. The number of aliphatic hydroxyl groups excluding tert-OH is 1. The topological polar surface area (TPSA) is 59.1 Å². The summed E-state index contributed by atoms with van der Waals surface area (Å²) in [5.74, 6) is 1.01. The van der Waals surface area contributed by atoms with E-state index in [0.29, 0.717) is 0 Å². The first-order valence-electron chi connectivity index (χ1n) is 4.98. The lowest BCUT2D eigenvalue weighted by Crippen LogP contribution is -2.40. The van der Waals surface area contributed by atoms with E-state index in [4.69, 9.17) is 10.8 Å². The van der Waals surface area contributed by atoms with Crippen LogP contribution < -0.4 is 5.73 Å². The van der Waals surface area contributed by atoms with Crippen molar-refractivity contribution in [2.45, 2.75) is 36.6 Å². The summed E-state index contributed by atoms with van der Waals surface area (Å²) in [7, 11) is 0. The molecule has 3 N–H and O–H groups in total. The molecule has 1 aromatic rings. The van der Waals surface area contributed by atoms with Gasteiger partial charge in [0.05, 0.1) is 6.61 Å². The fraction of sp³-hybridized carbons (Fsp3) is 0.700. The molecular formula is C10H18N2OS2. The number of aryl methyl sites for hydroxylation is 1. The predicted molar refractivity (Wildman–Crippen MR) is 66.5 cm³/mol. The van der Waals surface area contributed by atoms with Crippen molar-refractivity contribution in [3.8, 4) is 0 Å². The van der Waals surface area contributed by atoms with Gasteiger partial charge >= 0.3 is 0 Å². The summed E-state index contributed by atoms with van der Waals surface area (Å²) in [5, 5.41) is 11.0. The van der Waals surface area contributed by atoms with Crippen LogP contribution in [0, 0.1) is 6.92 Å². The van der Waals surface area contributed by atoms with Gasteiger partial charge in [-0.15, -0.1) is 11.3 Å². The van der Waals surface area contributed by atoms with E-state index in [1.807, 2.05) is 13.8 Å². The maximum atomic E-state index is 8.97. The van der Waals surface area contributed by atoms with E-state index in [1.54, 1.807) is 23.1 Å². The van der Waals surface area contributed by atoms with E-state index in [9.17, 15) is 0 Å². The molecule has 1 unspecified atom stereocenters. The zero-order chi connectivity index (χ0) is 11.3. The number of aromatic nitrogens is 1. The van der Waals surface area contributed by atoms with Gasteiger partial charge in [0, 0.05) is 22.4 Å². The molecule has 0 fully saturated rings. The van der Waals surface area contributed by atoms with Crippen molar-refractivity contribution >= 4 is 23.1 Å². The van der Waals surface area contributed by atoms with Gasteiger partial charge in [0.25, 0.3) is 0 Å². The van der Waals surface area contributed by atoms with Gasteiger partial charge in [-0.25, -0.2) is 4.98 Å². The maximum absolute atomic E-state index is 8.97. The predicted octanol–water partition coefficient (Wildman–Crippen LogP) is 2.03. The molecule has 5 heteroatoms. The Balaban J connectivity index is 2.17. The minimum atomic E-state index is -0.431. The standard InChI is InChI=1S/C10H18N2OS2/c1-8-6-15-9(12-8)14-5-3-4-10(2,11)7-13/h6,13H,3-5,7,11H2,1-2H3. The van der Waals surface area contributed by atoms with E-state index in [0.717, 1.165) is 28.6 Å². The van der Waals surface area contributed by atoms with E-state index < -0.39 is 5.54 Å². The van der Waals surface area contributed by atoms with Crippen LogP contribution >= 0.6 is 23.1 Å². The first-order chi connectivity index (χ1) is 7.03. The van der Waals surface area contributed by atoms with Gasteiger partial charge in [0.1, 0.15) is 4.34 Å². The number of thioether (sulfide) groups is 1. The van der Waals surface area contributed by atoms with Crippen molar-refractivity contribution in [3.05, 3.63) is 11.1 Å². The SMILES string of the molecule is Cc1csc(SCCCC(C)(N)CO)n1. The van der Waals surface area contributed by atoms with Crippen LogP contribution in [-0.4, -0.2) is 28.0 Å². The van der Waals surface area contributed by atoms with Crippen LogP contribution in [0.25, 0.3) is 0 Å². The highest BCUT2D eigenvalue weighted by Crippen LogP contribution is 2.24. The molecule has 0 saturated carbocycles. The molecule has 0 saturated heterocycles. The average molecular weight is 246 g/mol. The van der Waals surface area contributed by atoms with Gasteiger partial charge < -0.3 is 10.8 Å². The Morgan fingerprint density at radius 1 is 1.67 bits per heavy atom. The molecule has 1 heterocycles. The van der Waals surface area contributed by atoms with Crippen LogP contribution in [0.4, 0.5) is 0 Å². The molecule has 0 amide bonds. The maximum Gasteiger partial charge on any atom is 0.150 e. The highest BCUT2D eigenvalue weighted by atomic mass is 32.2. The van der Waals surface area contributed by atoms with Crippen molar-refractivity contribution in [1.29, 1.82) is 0 Å². The third kappa shape index (κ3) is 4.97. The van der Waals surface area contributed by atoms with E-state index in [-0.39, 0.29) is 6.61 Å². The van der Waals surface area contributed by atoms with Crippen molar-refractivity contribution in [2.24, 2.45) is 5.73 Å². The molecule has 1 atom stereocenters. The Morgan fingerprint density at radius 2 is 2.40 bits per heavy atom. The number of nitrogens with zero attached hydrogens (tertiary/aromatic N) is 1. The van der Waals surface area contributed by atoms with Gasteiger partial charge in [0.2, 0.25) is 0 Å². The van der Waals surface area contributed by atoms with Crippen molar-refractivity contribution < 1.29 is 5.11 Å². The lowest BCUT2D eigenvalue weighted by molar-refractivity contribution is 0.200. The lowest BCUT2D eigenvalue weighted by Gasteiger charge is -2.20. The smallest absolute Gasteiger partial charge is 0.150 e. The number of rotatable bonds is 6. The summed E-state index contributed by atoms with van der Waals surface area (Å²) >= 11 is 3.45. The molecule has 0 aromatic carbocycles. The van der Waals surface area contributed by atoms with Gasteiger partial charge in [-0.2, -0.15) is 0 Å². The molecule has 0 bridgehead atoms. The van der Waals surface area contributed by atoms with Crippen LogP contribution in [0.5, 0.6) is 0 Å². The second-order valence-electron chi connectivity index (χ2n) is 4.02. The lowest BCUT2D eigenvalue weighted by atomic mass is 9.99. The molecule has 0 spiro atoms. The van der Waals surface area contributed by atoms with Crippen LogP contribution in [0.15, 0.2) is 9.72 Å². The number of nitrogens with two attached hydrogens (primary N) is 1. The summed E-state index contributed by atoms with van der Waals surface area (Å²) in [4.78, 5) is 4.37. The third-order valence-corrected chi connectivity index (χ3v) is 4.30. The number of thiazole rings is 1. The van der Waals surface area contributed by atoms with E-state index >= 15 is 0 Å². The summed E-state index contributed by atoms with van der Waals surface area (Å²) in [6, 6.07) is 0. The number of hydrogen-bond donors (Lipinski definition) is 2. The Hall–Kier alpha value is -0.100. The molecular weight excluding hydrogens is 228 g/mol. The van der Waals surface area contributed by atoms with Crippen LogP contribution in [0.3, 0.4) is 0 Å². The zero-order valence-electron chi connectivity index (χ0n) is 9.19. The van der Waals surface area contributed by atoms with Crippen molar-refractivity contribution in [1.82, 2.24) is 4.98 Å². The molecule has 0 aliphatic rings. The summed E-state index contributed by atoms with van der Waals surface area (Å²) in [5.41, 5.74) is 6.48. The minimum absolute atomic E-state index is 0.0496. The number of hydrogen-bond acceptors (Lipinski definition) is 5. The highest BCUT2D eigenvalue weighted by Gasteiger charge is 2.15. The van der Waals surface area contributed by atoms with Crippen LogP contribution in [0.1, 0.15) is 25.5 Å². The third-order valence-electron chi connectivity index (χ3n) is 2.08.